The first-order valence-electron chi connectivity index (χ1n) is 5.42. The first kappa shape index (κ1) is 13.9. The van der Waals surface area contributed by atoms with Gasteiger partial charge in [-0.15, -0.1) is 11.6 Å². The Balaban J connectivity index is 2.37. The van der Waals surface area contributed by atoms with E-state index in [1.54, 1.807) is 6.07 Å². The summed E-state index contributed by atoms with van der Waals surface area (Å²) in [5.41, 5.74) is 1.04. The Morgan fingerprint density at radius 1 is 1.50 bits per heavy atom. The first-order chi connectivity index (χ1) is 7.63. The lowest BCUT2D eigenvalue weighted by molar-refractivity contribution is 0.613. The van der Waals surface area contributed by atoms with Crippen molar-refractivity contribution in [3.05, 3.63) is 34.1 Å². The molecule has 0 bridgehead atoms. The zero-order valence-corrected chi connectivity index (χ0v) is 11.6. The van der Waals surface area contributed by atoms with Gasteiger partial charge in [0.15, 0.2) is 0 Å². The molecule has 0 aromatic heterocycles. The van der Waals surface area contributed by atoms with Gasteiger partial charge in [-0.3, -0.25) is 0 Å². The fraction of sp³-hybridized carbons (Fsp3) is 0.500. The van der Waals surface area contributed by atoms with Crippen LogP contribution < -0.4 is 5.32 Å². The number of hydrogen-bond acceptors (Lipinski definition) is 1. The normalized spacial score (nSPS) is 12.8. The van der Waals surface area contributed by atoms with E-state index < -0.39 is 0 Å². The Morgan fingerprint density at radius 3 is 2.88 bits per heavy atom. The molecule has 0 amide bonds. The number of rotatable bonds is 6. The highest BCUT2D eigenvalue weighted by atomic mass is 79.9. The van der Waals surface area contributed by atoms with Crippen LogP contribution in [-0.2, 0) is 6.54 Å². The Morgan fingerprint density at radius 2 is 2.25 bits per heavy atom. The summed E-state index contributed by atoms with van der Waals surface area (Å²) in [5.74, 6) is -0.225. The van der Waals surface area contributed by atoms with E-state index in [0.29, 0.717) is 6.54 Å². The maximum atomic E-state index is 12.8. The average Bonchev–Trinajstić information content (AvgIpc) is 2.22. The van der Waals surface area contributed by atoms with Gasteiger partial charge in [-0.1, -0.05) is 35.3 Å². The van der Waals surface area contributed by atoms with Crippen molar-refractivity contribution < 1.29 is 4.39 Å². The SMILES string of the molecule is CCCC(Cl)CNCc1ccc(F)cc1Br. The Bertz CT molecular complexity index is 333. The highest BCUT2D eigenvalue weighted by Gasteiger charge is 2.04. The van der Waals surface area contributed by atoms with Crippen LogP contribution in [0.4, 0.5) is 4.39 Å². The lowest BCUT2D eigenvalue weighted by Crippen LogP contribution is -2.22. The molecule has 1 aromatic carbocycles. The molecule has 90 valence electrons. The van der Waals surface area contributed by atoms with Gasteiger partial charge in [0.1, 0.15) is 5.82 Å². The van der Waals surface area contributed by atoms with Crippen LogP contribution in [0.2, 0.25) is 0 Å². The van der Waals surface area contributed by atoms with E-state index in [0.717, 1.165) is 29.4 Å². The molecule has 16 heavy (non-hydrogen) atoms. The molecule has 0 spiro atoms. The van der Waals surface area contributed by atoms with Crippen molar-refractivity contribution in [2.45, 2.75) is 31.7 Å². The van der Waals surface area contributed by atoms with E-state index in [-0.39, 0.29) is 11.2 Å². The molecule has 0 fully saturated rings. The van der Waals surface area contributed by atoms with E-state index in [4.69, 9.17) is 11.6 Å². The minimum atomic E-state index is -0.225. The predicted molar refractivity (Wildman–Crippen MR) is 70.4 cm³/mol. The second kappa shape index (κ2) is 7.25. The largest absolute Gasteiger partial charge is 0.311 e. The Labute approximate surface area is 110 Å². The zero-order chi connectivity index (χ0) is 12.0. The molecule has 1 atom stereocenters. The van der Waals surface area contributed by atoms with E-state index >= 15 is 0 Å². The zero-order valence-electron chi connectivity index (χ0n) is 9.27. The van der Waals surface area contributed by atoms with Crippen LogP contribution in [0.1, 0.15) is 25.3 Å². The third-order valence-corrected chi connectivity index (χ3v) is 3.41. The van der Waals surface area contributed by atoms with Crippen molar-refractivity contribution in [2.75, 3.05) is 6.54 Å². The quantitative estimate of drug-likeness (QED) is 0.781. The van der Waals surface area contributed by atoms with Gasteiger partial charge in [0.25, 0.3) is 0 Å². The van der Waals surface area contributed by atoms with E-state index in [9.17, 15) is 4.39 Å². The predicted octanol–water partition coefficient (Wildman–Crippen LogP) is 4.09. The van der Waals surface area contributed by atoms with Crippen LogP contribution in [0.25, 0.3) is 0 Å². The summed E-state index contributed by atoms with van der Waals surface area (Å²) >= 11 is 9.41. The number of benzene rings is 1. The van der Waals surface area contributed by atoms with Crippen molar-refractivity contribution >= 4 is 27.5 Å². The molecular formula is C12H16BrClFN. The van der Waals surface area contributed by atoms with Gasteiger partial charge >= 0.3 is 0 Å². The maximum Gasteiger partial charge on any atom is 0.124 e. The van der Waals surface area contributed by atoms with Crippen molar-refractivity contribution in [3.63, 3.8) is 0 Å². The van der Waals surface area contributed by atoms with Crippen LogP contribution >= 0.6 is 27.5 Å². The van der Waals surface area contributed by atoms with Crippen LogP contribution in [-0.4, -0.2) is 11.9 Å². The molecule has 0 radical (unpaired) electrons. The number of nitrogens with one attached hydrogen (secondary N) is 1. The molecule has 0 saturated heterocycles. The fourth-order valence-corrected chi connectivity index (χ4v) is 2.26. The molecule has 0 aliphatic carbocycles. The highest BCUT2D eigenvalue weighted by molar-refractivity contribution is 9.10. The minimum Gasteiger partial charge on any atom is -0.311 e. The Kier molecular flexibility index (Phi) is 6.32. The fourth-order valence-electron chi connectivity index (χ4n) is 1.44. The molecule has 0 aliphatic rings. The number of hydrogen-bond donors (Lipinski definition) is 1. The number of halogens is 3. The number of alkyl halides is 1. The minimum absolute atomic E-state index is 0.171. The third-order valence-electron chi connectivity index (χ3n) is 2.30. The van der Waals surface area contributed by atoms with Gasteiger partial charge in [-0.2, -0.15) is 0 Å². The maximum absolute atomic E-state index is 12.8. The molecular weight excluding hydrogens is 292 g/mol. The molecule has 1 unspecified atom stereocenters. The molecule has 1 rings (SSSR count). The van der Waals surface area contributed by atoms with Gasteiger partial charge in [0, 0.05) is 22.9 Å². The molecule has 1 N–H and O–H groups in total. The van der Waals surface area contributed by atoms with Crippen LogP contribution in [0, 0.1) is 5.82 Å². The summed E-state index contributed by atoms with van der Waals surface area (Å²) in [6, 6.07) is 4.71. The summed E-state index contributed by atoms with van der Waals surface area (Å²) in [4.78, 5) is 0. The molecule has 1 aromatic rings. The molecule has 4 heteroatoms. The van der Waals surface area contributed by atoms with E-state index in [1.807, 2.05) is 0 Å². The average molecular weight is 309 g/mol. The van der Waals surface area contributed by atoms with Gasteiger partial charge in [0.05, 0.1) is 0 Å². The molecule has 0 heterocycles. The molecule has 1 nitrogen and oxygen atoms in total. The van der Waals surface area contributed by atoms with E-state index in [1.165, 1.54) is 12.1 Å². The van der Waals surface area contributed by atoms with Crippen molar-refractivity contribution in [1.29, 1.82) is 0 Å². The van der Waals surface area contributed by atoms with Crippen LogP contribution in [0.5, 0.6) is 0 Å². The first-order valence-corrected chi connectivity index (χ1v) is 6.65. The van der Waals surface area contributed by atoms with Gasteiger partial charge < -0.3 is 5.32 Å². The topological polar surface area (TPSA) is 12.0 Å². The standard InChI is InChI=1S/C12H16BrClFN/c1-2-3-10(14)8-16-7-9-4-5-11(15)6-12(9)13/h4-6,10,16H,2-3,7-8H2,1H3. The van der Waals surface area contributed by atoms with Gasteiger partial charge in [-0.25, -0.2) is 4.39 Å². The van der Waals surface area contributed by atoms with Gasteiger partial charge in [-0.05, 0) is 24.1 Å². The summed E-state index contributed by atoms with van der Waals surface area (Å²) < 4.78 is 13.6. The summed E-state index contributed by atoms with van der Waals surface area (Å²) in [6.45, 7) is 3.60. The summed E-state index contributed by atoms with van der Waals surface area (Å²) in [5, 5.41) is 3.43. The van der Waals surface area contributed by atoms with E-state index in [2.05, 4.69) is 28.2 Å². The molecule has 0 saturated carbocycles. The smallest absolute Gasteiger partial charge is 0.124 e. The molecule has 0 aliphatic heterocycles. The lowest BCUT2D eigenvalue weighted by atomic mass is 10.2. The summed E-state index contributed by atoms with van der Waals surface area (Å²) in [7, 11) is 0. The Hall–Kier alpha value is -0.120. The second-order valence-corrected chi connectivity index (χ2v) is 5.22. The highest BCUT2D eigenvalue weighted by Crippen LogP contribution is 2.17. The second-order valence-electron chi connectivity index (χ2n) is 3.75. The third kappa shape index (κ3) is 4.81. The lowest BCUT2D eigenvalue weighted by Gasteiger charge is -2.10. The van der Waals surface area contributed by atoms with Crippen LogP contribution in [0.3, 0.4) is 0 Å². The summed E-state index contributed by atoms with van der Waals surface area (Å²) in [6.07, 6.45) is 2.11. The van der Waals surface area contributed by atoms with Crippen LogP contribution in [0.15, 0.2) is 22.7 Å². The van der Waals surface area contributed by atoms with Crippen molar-refractivity contribution in [2.24, 2.45) is 0 Å². The van der Waals surface area contributed by atoms with Crippen molar-refractivity contribution in [3.8, 4) is 0 Å². The van der Waals surface area contributed by atoms with Gasteiger partial charge in [0.2, 0.25) is 0 Å². The monoisotopic (exact) mass is 307 g/mol. The van der Waals surface area contributed by atoms with Crippen molar-refractivity contribution in [1.82, 2.24) is 5.32 Å².